The van der Waals surface area contributed by atoms with Crippen LogP contribution in [0.15, 0.2) is 85.5 Å². The lowest BCUT2D eigenvalue weighted by Crippen LogP contribution is -2.20. The summed E-state index contributed by atoms with van der Waals surface area (Å²) in [6.45, 7) is 6.94. The molecule has 0 aliphatic carbocycles. The van der Waals surface area contributed by atoms with Gasteiger partial charge in [-0.15, -0.1) is 0 Å². The number of aromatic nitrogens is 2. The Morgan fingerprint density at radius 1 is 1.03 bits per heavy atom. The van der Waals surface area contributed by atoms with E-state index in [2.05, 4.69) is 41.8 Å². The van der Waals surface area contributed by atoms with Crippen molar-refractivity contribution in [3.63, 3.8) is 0 Å². The second-order valence-electron chi connectivity index (χ2n) is 9.84. The minimum Gasteiger partial charge on any atom is -0.496 e. The summed E-state index contributed by atoms with van der Waals surface area (Å²) >= 11 is 3.58. The lowest BCUT2D eigenvalue weighted by Gasteiger charge is -2.19. The maximum atomic E-state index is 13.5. The van der Waals surface area contributed by atoms with E-state index in [9.17, 15) is 4.79 Å². The van der Waals surface area contributed by atoms with Crippen molar-refractivity contribution >= 4 is 44.0 Å². The maximum absolute atomic E-state index is 13.5. The van der Waals surface area contributed by atoms with Gasteiger partial charge < -0.3 is 13.9 Å². The van der Waals surface area contributed by atoms with Crippen LogP contribution in [0.5, 0.6) is 11.5 Å². The standard InChI is InChI=1S/C29H26BrN3O4/c1-29(2,3)17-36-25-13-12-18(14-21(25)30)16-31-33-27(32-22-9-6-5-8-19(22)28(33)34)26-15-20-23(35-4)10-7-11-24(20)37-26/h5-16H,17H2,1-4H3. The Morgan fingerprint density at radius 2 is 1.84 bits per heavy atom. The molecule has 5 rings (SSSR count). The van der Waals surface area contributed by atoms with Gasteiger partial charge in [0.1, 0.15) is 17.1 Å². The van der Waals surface area contributed by atoms with Crippen LogP contribution in [0.2, 0.25) is 0 Å². The van der Waals surface area contributed by atoms with Crippen LogP contribution in [-0.4, -0.2) is 29.6 Å². The number of rotatable bonds is 6. The van der Waals surface area contributed by atoms with E-state index in [-0.39, 0.29) is 11.0 Å². The lowest BCUT2D eigenvalue weighted by molar-refractivity contribution is 0.197. The molecule has 2 heterocycles. The smallest absolute Gasteiger partial charge is 0.282 e. The van der Waals surface area contributed by atoms with Gasteiger partial charge in [-0.1, -0.05) is 39.0 Å². The van der Waals surface area contributed by atoms with Crippen LogP contribution in [0.25, 0.3) is 33.5 Å². The summed E-state index contributed by atoms with van der Waals surface area (Å²) in [5.74, 6) is 2.12. The third-order valence-corrected chi connectivity index (χ3v) is 6.27. The third kappa shape index (κ3) is 5.15. The molecule has 3 aromatic carbocycles. The van der Waals surface area contributed by atoms with Crippen molar-refractivity contribution in [2.75, 3.05) is 13.7 Å². The topological polar surface area (TPSA) is 78.9 Å². The normalized spacial score (nSPS) is 12.0. The van der Waals surface area contributed by atoms with Crippen molar-refractivity contribution in [3.8, 4) is 23.1 Å². The predicted octanol–water partition coefficient (Wildman–Crippen LogP) is 6.89. The minimum atomic E-state index is -0.298. The summed E-state index contributed by atoms with van der Waals surface area (Å²) in [5, 5.41) is 5.78. The summed E-state index contributed by atoms with van der Waals surface area (Å²) in [4.78, 5) is 18.2. The second kappa shape index (κ2) is 9.86. The third-order valence-electron chi connectivity index (χ3n) is 5.65. The number of hydrogen-bond acceptors (Lipinski definition) is 6. The zero-order valence-corrected chi connectivity index (χ0v) is 22.6. The van der Waals surface area contributed by atoms with Crippen molar-refractivity contribution in [2.45, 2.75) is 20.8 Å². The molecule has 0 unspecified atom stereocenters. The number of halogens is 1. The van der Waals surface area contributed by atoms with Crippen LogP contribution in [0.3, 0.4) is 0 Å². The molecule has 0 atom stereocenters. The summed E-state index contributed by atoms with van der Waals surface area (Å²) in [5.41, 5.74) is 1.72. The molecule has 0 bridgehead atoms. The molecule has 2 aromatic heterocycles. The first-order valence-corrected chi connectivity index (χ1v) is 12.6. The fraction of sp³-hybridized carbons (Fsp3) is 0.207. The average molecular weight is 560 g/mol. The van der Waals surface area contributed by atoms with Gasteiger partial charge >= 0.3 is 0 Å². The van der Waals surface area contributed by atoms with Crippen LogP contribution in [-0.2, 0) is 0 Å². The van der Waals surface area contributed by atoms with E-state index >= 15 is 0 Å². The Balaban J connectivity index is 1.59. The Bertz CT molecular complexity index is 1700. The van der Waals surface area contributed by atoms with Gasteiger partial charge in [-0.3, -0.25) is 4.79 Å². The predicted molar refractivity (Wildman–Crippen MR) is 150 cm³/mol. The Morgan fingerprint density at radius 3 is 2.59 bits per heavy atom. The van der Waals surface area contributed by atoms with Crippen LogP contribution >= 0.6 is 15.9 Å². The summed E-state index contributed by atoms with van der Waals surface area (Å²) < 4.78 is 19.6. The molecule has 0 spiro atoms. The zero-order valence-electron chi connectivity index (χ0n) is 21.0. The Kier molecular flexibility index (Phi) is 6.60. The number of nitrogens with zero attached hydrogens (tertiary/aromatic N) is 3. The molecule has 0 N–H and O–H groups in total. The van der Waals surface area contributed by atoms with Gasteiger partial charge in [0, 0.05) is 0 Å². The highest BCUT2D eigenvalue weighted by Crippen LogP contribution is 2.33. The number of ether oxygens (including phenoxy) is 2. The van der Waals surface area contributed by atoms with Gasteiger partial charge in [0.2, 0.25) is 5.82 Å². The highest BCUT2D eigenvalue weighted by Gasteiger charge is 2.18. The number of methoxy groups -OCH3 is 1. The Hall–Kier alpha value is -3.91. The lowest BCUT2D eigenvalue weighted by atomic mass is 9.99. The summed E-state index contributed by atoms with van der Waals surface area (Å²) in [6, 6.07) is 20.2. The first-order chi connectivity index (χ1) is 17.7. The zero-order chi connectivity index (χ0) is 26.2. The van der Waals surface area contributed by atoms with Crippen molar-refractivity contribution in [1.82, 2.24) is 9.66 Å². The van der Waals surface area contributed by atoms with Crippen molar-refractivity contribution in [2.24, 2.45) is 10.5 Å². The molecule has 7 nitrogen and oxygen atoms in total. The van der Waals surface area contributed by atoms with Crippen molar-refractivity contribution < 1.29 is 13.9 Å². The number of fused-ring (bicyclic) bond motifs is 2. The quantitative estimate of drug-likeness (QED) is 0.212. The molecule has 0 fully saturated rings. The highest BCUT2D eigenvalue weighted by molar-refractivity contribution is 9.10. The summed E-state index contributed by atoms with van der Waals surface area (Å²) in [7, 11) is 1.60. The van der Waals surface area contributed by atoms with Gasteiger partial charge in [0.25, 0.3) is 5.56 Å². The van der Waals surface area contributed by atoms with Crippen LogP contribution in [0, 0.1) is 5.41 Å². The van der Waals surface area contributed by atoms with E-state index in [1.54, 1.807) is 31.5 Å². The van der Waals surface area contributed by atoms with Gasteiger partial charge in [-0.05, 0) is 75.4 Å². The molecule has 0 aliphatic rings. The fourth-order valence-electron chi connectivity index (χ4n) is 3.85. The first kappa shape index (κ1) is 24.8. The second-order valence-corrected chi connectivity index (χ2v) is 10.7. The van der Waals surface area contributed by atoms with Crippen LogP contribution in [0.1, 0.15) is 26.3 Å². The molecule has 0 amide bonds. The molecule has 0 radical (unpaired) electrons. The van der Waals surface area contributed by atoms with Crippen molar-refractivity contribution in [3.05, 3.63) is 87.1 Å². The van der Waals surface area contributed by atoms with E-state index in [0.717, 1.165) is 21.2 Å². The van der Waals surface area contributed by atoms with E-state index < -0.39 is 0 Å². The number of hydrogen-bond donors (Lipinski definition) is 0. The summed E-state index contributed by atoms with van der Waals surface area (Å²) in [6.07, 6.45) is 1.61. The largest absolute Gasteiger partial charge is 0.496 e. The van der Waals surface area contributed by atoms with Crippen LogP contribution in [0.4, 0.5) is 0 Å². The molecular weight excluding hydrogens is 534 g/mol. The molecule has 188 valence electrons. The monoisotopic (exact) mass is 559 g/mol. The molecule has 8 heteroatoms. The SMILES string of the molecule is COc1cccc2oc(-c3nc4ccccc4c(=O)n3N=Cc3ccc(OCC(C)(C)C)c(Br)c3)cc12. The Labute approximate surface area is 222 Å². The molecule has 0 saturated carbocycles. The number of furan rings is 1. The van der Waals surface area contributed by atoms with E-state index in [0.29, 0.717) is 40.4 Å². The first-order valence-electron chi connectivity index (χ1n) is 11.8. The van der Waals surface area contributed by atoms with Crippen LogP contribution < -0.4 is 15.0 Å². The van der Waals surface area contributed by atoms with Crippen molar-refractivity contribution in [1.29, 1.82) is 0 Å². The average Bonchev–Trinajstić information content (AvgIpc) is 3.31. The molecule has 5 aromatic rings. The minimum absolute atomic E-state index is 0.0426. The van der Waals surface area contributed by atoms with Gasteiger partial charge in [-0.2, -0.15) is 9.78 Å². The maximum Gasteiger partial charge on any atom is 0.282 e. The molecule has 37 heavy (non-hydrogen) atoms. The molecule has 0 aliphatic heterocycles. The molecule has 0 saturated heterocycles. The number of benzene rings is 3. The number of para-hydroxylation sites is 1. The van der Waals surface area contributed by atoms with E-state index in [1.807, 2.05) is 48.5 Å². The van der Waals surface area contributed by atoms with E-state index in [4.69, 9.17) is 18.9 Å². The van der Waals surface area contributed by atoms with Gasteiger partial charge in [-0.25, -0.2) is 4.98 Å². The van der Waals surface area contributed by atoms with Gasteiger partial charge in [0.15, 0.2) is 5.76 Å². The molecular formula is C29H26BrN3O4. The van der Waals surface area contributed by atoms with Gasteiger partial charge in [0.05, 0.1) is 40.7 Å². The fourth-order valence-corrected chi connectivity index (χ4v) is 4.36. The van der Waals surface area contributed by atoms with E-state index in [1.165, 1.54) is 4.68 Å². The highest BCUT2D eigenvalue weighted by atomic mass is 79.9.